The molecule has 0 bridgehead atoms. The van der Waals surface area contributed by atoms with Crippen LogP contribution in [0.4, 0.5) is 0 Å². The summed E-state index contributed by atoms with van der Waals surface area (Å²) in [6, 6.07) is 3.49. The molecule has 1 aromatic rings. The van der Waals surface area contributed by atoms with Gasteiger partial charge in [0.05, 0.1) is 12.8 Å². The topological polar surface area (TPSA) is 48.4 Å². The maximum absolute atomic E-state index is 11.1. The fourth-order valence-electron chi connectivity index (χ4n) is 0.947. The lowest BCUT2D eigenvalue weighted by molar-refractivity contribution is -0.146. The van der Waals surface area contributed by atoms with Gasteiger partial charge in [-0.3, -0.25) is 4.98 Å². The molecule has 4 heteroatoms. The molecule has 0 saturated carbocycles. The second-order valence-corrected chi connectivity index (χ2v) is 3.05. The van der Waals surface area contributed by atoms with Crippen molar-refractivity contribution in [1.29, 1.82) is 0 Å². The first-order chi connectivity index (χ1) is 7.33. The first-order valence-corrected chi connectivity index (χ1v) is 5.01. The minimum Gasteiger partial charge on any atom is -0.480 e. The van der Waals surface area contributed by atoms with Crippen LogP contribution in [0.1, 0.15) is 19.8 Å². The second kappa shape index (κ2) is 6.81. The van der Waals surface area contributed by atoms with Crippen molar-refractivity contribution in [3.05, 3.63) is 24.5 Å². The number of pyridine rings is 1. The molecule has 1 rings (SSSR count). The first-order valence-electron chi connectivity index (χ1n) is 5.01. The standard InChI is InChI=1S/C11H15NO3/c1-2-3-7-14-11(13)9-15-10-5-4-6-12-8-10/h4-6,8H,2-3,7,9H2,1H3. The van der Waals surface area contributed by atoms with E-state index in [-0.39, 0.29) is 12.6 Å². The van der Waals surface area contributed by atoms with E-state index in [4.69, 9.17) is 9.47 Å². The summed E-state index contributed by atoms with van der Waals surface area (Å²) in [5, 5.41) is 0. The van der Waals surface area contributed by atoms with Gasteiger partial charge in [0.15, 0.2) is 6.61 Å². The molecule has 0 atom stereocenters. The SMILES string of the molecule is CCCCOC(=O)COc1cccnc1. The molecule has 4 nitrogen and oxygen atoms in total. The molecule has 1 aromatic heterocycles. The van der Waals surface area contributed by atoms with Crippen molar-refractivity contribution in [3.8, 4) is 5.75 Å². The van der Waals surface area contributed by atoms with Gasteiger partial charge < -0.3 is 9.47 Å². The Morgan fingerprint density at radius 1 is 1.53 bits per heavy atom. The maximum Gasteiger partial charge on any atom is 0.344 e. The van der Waals surface area contributed by atoms with Crippen LogP contribution in [0.25, 0.3) is 0 Å². The number of hydrogen-bond acceptors (Lipinski definition) is 4. The van der Waals surface area contributed by atoms with Gasteiger partial charge in [0, 0.05) is 6.20 Å². The number of nitrogens with zero attached hydrogens (tertiary/aromatic N) is 1. The molecule has 0 N–H and O–H groups in total. The quantitative estimate of drug-likeness (QED) is 0.529. The normalized spacial score (nSPS) is 9.67. The number of ether oxygens (including phenoxy) is 2. The predicted molar refractivity (Wildman–Crippen MR) is 55.6 cm³/mol. The van der Waals surface area contributed by atoms with Crippen LogP contribution in [0.5, 0.6) is 5.75 Å². The summed E-state index contributed by atoms with van der Waals surface area (Å²) in [5.74, 6) is 0.234. The lowest BCUT2D eigenvalue weighted by Crippen LogP contribution is -2.15. The lowest BCUT2D eigenvalue weighted by Gasteiger charge is -2.05. The van der Waals surface area contributed by atoms with Crippen molar-refractivity contribution >= 4 is 5.97 Å². The number of esters is 1. The Morgan fingerprint density at radius 2 is 2.40 bits per heavy atom. The van der Waals surface area contributed by atoms with E-state index in [0.29, 0.717) is 12.4 Å². The van der Waals surface area contributed by atoms with Gasteiger partial charge in [-0.15, -0.1) is 0 Å². The Hall–Kier alpha value is -1.58. The van der Waals surface area contributed by atoms with Crippen LogP contribution in [-0.4, -0.2) is 24.2 Å². The van der Waals surface area contributed by atoms with Crippen molar-refractivity contribution in [3.63, 3.8) is 0 Å². The van der Waals surface area contributed by atoms with Crippen molar-refractivity contribution in [2.24, 2.45) is 0 Å². The largest absolute Gasteiger partial charge is 0.480 e. The predicted octanol–water partition coefficient (Wildman–Crippen LogP) is 1.80. The zero-order valence-corrected chi connectivity index (χ0v) is 8.81. The molecule has 15 heavy (non-hydrogen) atoms. The molecule has 0 spiro atoms. The molecular weight excluding hydrogens is 194 g/mol. The molecule has 0 unspecified atom stereocenters. The molecular formula is C11H15NO3. The fraction of sp³-hybridized carbons (Fsp3) is 0.455. The van der Waals surface area contributed by atoms with Crippen molar-refractivity contribution < 1.29 is 14.3 Å². The molecule has 0 aromatic carbocycles. The Kier molecular flexibility index (Phi) is 5.22. The van der Waals surface area contributed by atoms with Crippen LogP contribution < -0.4 is 4.74 Å². The van der Waals surface area contributed by atoms with E-state index in [2.05, 4.69) is 4.98 Å². The molecule has 0 saturated heterocycles. The number of carbonyl (C=O) groups is 1. The van der Waals surface area contributed by atoms with Gasteiger partial charge in [-0.25, -0.2) is 4.79 Å². The van der Waals surface area contributed by atoms with E-state index >= 15 is 0 Å². The fourth-order valence-corrected chi connectivity index (χ4v) is 0.947. The van der Waals surface area contributed by atoms with Gasteiger partial charge in [0.1, 0.15) is 5.75 Å². The lowest BCUT2D eigenvalue weighted by atomic mass is 10.4. The van der Waals surface area contributed by atoms with Crippen LogP contribution in [0.2, 0.25) is 0 Å². The van der Waals surface area contributed by atoms with Crippen molar-refractivity contribution in [1.82, 2.24) is 4.98 Å². The third-order valence-electron chi connectivity index (χ3n) is 1.75. The average molecular weight is 209 g/mol. The maximum atomic E-state index is 11.1. The van der Waals surface area contributed by atoms with Crippen LogP contribution in [0, 0.1) is 0 Å². The van der Waals surface area contributed by atoms with E-state index in [1.165, 1.54) is 0 Å². The molecule has 0 fully saturated rings. The van der Waals surface area contributed by atoms with Gasteiger partial charge in [0.2, 0.25) is 0 Å². The van der Waals surface area contributed by atoms with Gasteiger partial charge in [0.25, 0.3) is 0 Å². The van der Waals surface area contributed by atoms with Crippen molar-refractivity contribution in [2.45, 2.75) is 19.8 Å². The van der Waals surface area contributed by atoms with E-state index < -0.39 is 0 Å². The summed E-state index contributed by atoms with van der Waals surface area (Å²) in [6.07, 6.45) is 5.10. The Labute approximate surface area is 89.2 Å². The van der Waals surface area contributed by atoms with Crippen LogP contribution in [-0.2, 0) is 9.53 Å². The summed E-state index contributed by atoms with van der Waals surface area (Å²) in [5.41, 5.74) is 0. The highest BCUT2D eigenvalue weighted by Gasteiger charge is 2.03. The van der Waals surface area contributed by atoms with Gasteiger partial charge in [-0.05, 0) is 18.6 Å². The minimum atomic E-state index is -0.340. The number of carbonyl (C=O) groups excluding carboxylic acids is 1. The van der Waals surface area contributed by atoms with E-state index in [1.807, 2.05) is 6.92 Å². The first kappa shape index (κ1) is 11.5. The van der Waals surface area contributed by atoms with Gasteiger partial charge >= 0.3 is 5.97 Å². The van der Waals surface area contributed by atoms with Crippen LogP contribution in [0.15, 0.2) is 24.5 Å². The summed E-state index contributed by atoms with van der Waals surface area (Å²) in [7, 11) is 0. The van der Waals surface area contributed by atoms with Crippen molar-refractivity contribution in [2.75, 3.05) is 13.2 Å². The average Bonchev–Trinajstić information content (AvgIpc) is 2.28. The van der Waals surface area contributed by atoms with E-state index in [0.717, 1.165) is 12.8 Å². The number of hydrogen-bond donors (Lipinski definition) is 0. The summed E-state index contributed by atoms with van der Waals surface area (Å²) < 4.78 is 10.1. The van der Waals surface area contributed by atoms with E-state index in [9.17, 15) is 4.79 Å². The summed E-state index contributed by atoms with van der Waals surface area (Å²) >= 11 is 0. The monoisotopic (exact) mass is 209 g/mol. The number of unbranched alkanes of at least 4 members (excludes halogenated alkanes) is 1. The minimum absolute atomic E-state index is 0.0601. The smallest absolute Gasteiger partial charge is 0.344 e. The number of rotatable bonds is 6. The zero-order valence-electron chi connectivity index (χ0n) is 8.81. The highest BCUT2D eigenvalue weighted by molar-refractivity contribution is 5.71. The summed E-state index contributed by atoms with van der Waals surface area (Å²) in [6.45, 7) is 2.45. The van der Waals surface area contributed by atoms with Crippen LogP contribution >= 0.6 is 0 Å². The molecule has 0 amide bonds. The molecule has 0 radical (unpaired) electrons. The molecule has 82 valence electrons. The molecule has 0 aliphatic carbocycles. The zero-order chi connectivity index (χ0) is 10.9. The van der Waals surface area contributed by atoms with Gasteiger partial charge in [-0.2, -0.15) is 0 Å². The van der Waals surface area contributed by atoms with Gasteiger partial charge in [-0.1, -0.05) is 13.3 Å². The highest BCUT2D eigenvalue weighted by Crippen LogP contribution is 2.05. The number of aromatic nitrogens is 1. The molecule has 0 aliphatic rings. The highest BCUT2D eigenvalue weighted by atomic mass is 16.6. The molecule has 1 heterocycles. The Balaban J connectivity index is 2.17. The van der Waals surface area contributed by atoms with E-state index in [1.54, 1.807) is 24.5 Å². The third kappa shape index (κ3) is 5.00. The second-order valence-electron chi connectivity index (χ2n) is 3.05. The Morgan fingerprint density at radius 3 is 3.07 bits per heavy atom. The Bertz CT molecular complexity index is 287. The molecule has 0 aliphatic heterocycles. The third-order valence-corrected chi connectivity index (χ3v) is 1.75. The summed E-state index contributed by atoms with van der Waals surface area (Å²) in [4.78, 5) is 15.0. The van der Waals surface area contributed by atoms with Crippen LogP contribution in [0.3, 0.4) is 0 Å².